The largest absolute Gasteiger partial charge is 0.491 e. The maximum Gasteiger partial charge on any atom is 0.179 e. The van der Waals surface area contributed by atoms with Crippen LogP contribution in [0, 0.1) is 11.5 Å². The summed E-state index contributed by atoms with van der Waals surface area (Å²) in [5.41, 5.74) is 5.54. The number of ether oxygens (including phenoxy) is 1. The van der Waals surface area contributed by atoms with Crippen LogP contribution < -0.4 is 10.5 Å². The van der Waals surface area contributed by atoms with Crippen molar-refractivity contribution in [1.82, 2.24) is 9.88 Å². The van der Waals surface area contributed by atoms with Crippen LogP contribution in [0.3, 0.4) is 0 Å². The Morgan fingerprint density at radius 3 is 3.31 bits per heavy atom. The van der Waals surface area contributed by atoms with Gasteiger partial charge in [0, 0.05) is 18.8 Å². The summed E-state index contributed by atoms with van der Waals surface area (Å²) in [5.74, 6) is 1.15. The van der Waals surface area contributed by atoms with Crippen molar-refractivity contribution in [2.24, 2.45) is 0 Å². The lowest BCUT2D eigenvalue weighted by Gasteiger charge is -2.18. The molecule has 0 bridgehead atoms. The van der Waals surface area contributed by atoms with E-state index in [1.807, 2.05) is 0 Å². The predicted octanol–water partition coefficient (Wildman–Crippen LogP) is 0.988. The molecule has 1 saturated heterocycles. The lowest BCUT2D eigenvalue weighted by molar-refractivity contribution is 0.219. The first-order valence-corrected chi connectivity index (χ1v) is 5.30. The zero-order valence-corrected chi connectivity index (χ0v) is 8.97. The molecular formula is C11H14N4O. The number of hydrogen-bond acceptors (Lipinski definition) is 5. The van der Waals surface area contributed by atoms with Gasteiger partial charge in [-0.2, -0.15) is 5.26 Å². The lowest BCUT2D eigenvalue weighted by atomic mass is 10.2. The molecule has 0 saturated carbocycles. The average molecular weight is 218 g/mol. The van der Waals surface area contributed by atoms with Gasteiger partial charge < -0.3 is 15.4 Å². The van der Waals surface area contributed by atoms with Gasteiger partial charge in [-0.1, -0.05) is 0 Å². The number of pyridine rings is 1. The van der Waals surface area contributed by atoms with E-state index >= 15 is 0 Å². The number of anilines is 1. The molecular weight excluding hydrogens is 204 g/mol. The number of rotatable bonds is 3. The van der Waals surface area contributed by atoms with Gasteiger partial charge in [0.2, 0.25) is 0 Å². The molecule has 2 N–H and O–H groups in total. The van der Waals surface area contributed by atoms with E-state index in [-0.39, 0.29) is 6.04 Å². The maximum atomic E-state index is 8.87. The lowest BCUT2D eigenvalue weighted by Crippen LogP contribution is -2.30. The van der Waals surface area contributed by atoms with E-state index in [4.69, 9.17) is 15.7 Å². The molecule has 0 amide bonds. The van der Waals surface area contributed by atoms with Gasteiger partial charge in [-0.3, -0.25) is 0 Å². The van der Waals surface area contributed by atoms with Gasteiger partial charge in [-0.15, -0.1) is 0 Å². The predicted molar refractivity (Wildman–Crippen MR) is 59.5 cm³/mol. The zero-order valence-electron chi connectivity index (χ0n) is 8.97. The normalized spacial score (nSPS) is 19.4. The first-order valence-electron chi connectivity index (χ1n) is 5.30. The Hall–Kier alpha value is -1.96. The van der Waals surface area contributed by atoms with Crippen molar-refractivity contribution in [2.75, 3.05) is 18.9 Å². The van der Waals surface area contributed by atoms with Gasteiger partial charge in [-0.05, 0) is 18.9 Å². The Morgan fingerprint density at radius 1 is 1.69 bits per heavy atom. The van der Waals surface area contributed by atoms with Gasteiger partial charge in [-0.25, -0.2) is 4.98 Å². The Morgan fingerprint density at radius 2 is 2.56 bits per heavy atom. The highest BCUT2D eigenvalue weighted by Crippen LogP contribution is 2.18. The highest BCUT2D eigenvalue weighted by atomic mass is 16.5. The molecule has 16 heavy (non-hydrogen) atoms. The highest BCUT2D eigenvalue weighted by molar-refractivity contribution is 5.35. The number of likely N-dealkylation sites (tertiary alicyclic amines) is 1. The van der Waals surface area contributed by atoms with E-state index < -0.39 is 0 Å². The molecule has 0 unspecified atom stereocenters. The SMILES string of the molecule is N#CN1CCC[C@@H]1COc1ccnc(N)c1. The monoisotopic (exact) mass is 218 g/mol. The minimum Gasteiger partial charge on any atom is -0.491 e. The van der Waals surface area contributed by atoms with E-state index in [0.29, 0.717) is 18.2 Å². The number of nitriles is 1. The molecule has 84 valence electrons. The number of nitrogen functional groups attached to an aromatic ring is 1. The molecule has 1 aromatic rings. The molecule has 0 aliphatic carbocycles. The van der Waals surface area contributed by atoms with Gasteiger partial charge in [0.05, 0.1) is 6.04 Å². The van der Waals surface area contributed by atoms with Crippen molar-refractivity contribution in [3.63, 3.8) is 0 Å². The van der Waals surface area contributed by atoms with Gasteiger partial charge in [0.1, 0.15) is 18.2 Å². The first kappa shape index (κ1) is 10.6. The molecule has 1 aromatic heterocycles. The van der Waals surface area contributed by atoms with E-state index in [1.165, 1.54) is 0 Å². The smallest absolute Gasteiger partial charge is 0.179 e. The van der Waals surface area contributed by atoms with Crippen LogP contribution in [0.1, 0.15) is 12.8 Å². The minimum atomic E-state index is 0.194. The van der Waals surface area contributed by atoms with E-state index in [1.54, 1.807) is 23.2 Å². The van der Waals surface area contributed by atoms with Crippen molar-refractivity contribution in [1.29, 1.82) is 5.26 Å². The van der Waals surface area contributed by atoms with Crippen LogP contribution in [0.5, 0.6) is 5.75 Å². The summed E-state index contributed by atoms with van der Waals surface area (Å²) in [6, 6.07) is 3.65. The van der Waals surface area contributed by atoms with Crippen molar-refractivity contribution >= 4 is 5.82 Å². The summed E-state index contributed by atoms with van der Waals surface area (Å²) in [7, 11) is 0. The molecule has 1 fully saturated rings. The van der Waals surface area contributed by atoms with E-state index in [2.05, 4.69) is 11.2 Å². The molecule has 0 aromatic carbocycles. The van der Waals surface area contributed by atoms with Crippen LogP contribution in [-0.4, -0.2) is 29.1 Å². The second kappa shape index (κ2) is 4.71. The second-order valence-corrected chi connectivity index (χ2v) is 3.82. The fourth-order valence-electron chi connectivity index (χ4n) is 1.85. The fourth-order valence-corrected chi connectivity index (χ4v) is 1.85. The van der Waals surface area contributed by atoms with E-state index in [9.17, 15) is 0 Å². The molecule has 1 aliphatic rings. The molecule has 1 atom stereocenters. The maximum absolute atomic E-state index is 8.87. The molecule has 5 nitrogen and oxygen atoms in total. The zero-order chi connectivity index (χ0) is 11.4. The first-order chi connectivity index (χ1) is 7.79. The third-order valence-corrected chi connectivity index (χ3v) is 2.70. The Kier molecular flexibility index (Phi) is 3.10. The molecule has 1 aliphatic heterocycles. The van der Waals surface area contributed by atoms with Gasteiger partial charge >= 0.3 is 0 Å². The highest BCUT2D eigenvalue weighted by Gasteiger charge is 2.23. The third-order valence-electron chi connectivity index (χ3n) is 2.70. The molecule has 0 spiro atoms. The Labute approximate surface area is 94.4 Å². The van der Waals surface area contributed by atoms with Gasteiger partial charge in [0.25, 0.3) is 0 Å². The number of nitrogens with zero attached hydrogens (tertiary/aromatic N) is 3. The summed E-state index contributed by atoms with van der Waals surface area (Å²) in [5, 5.41) is 8.87. The van der Waals surface area contributed by atoms with E-state index in [0.717, 1.165) is 19.4 Å². The van der Waals surface area contributed by atoms with Crippen LogP contribution in [0.15, 0.2) is 18.3 Å². The van der Waals surface area contributed by atoms with Crippen molar-refractivity contribution in [3.8, 4) is 11.9 Å². The summed E-state index contributed by atoms with van der Waals surface area (Å²) >= 11 is 0. The summed E-state index contributed by atoms with van der Waals surface area (Å²) in [4.78, 5) is 5.65. The van der Waals surface area contributed by atoms with Crippen LogP contribution in [0.2, 0.25) is 0 Å². The Bertz CT molecular complexity index is 401. The van der Waals surface area contributed by atoms with Crippen LogP contribution in [0.25, 0.3) is 0 Å². The van der Waals surface area contributed by atoms with Crippen LogP contribution >= 0.6 is 0 Å². The van der Waals surface area contributed by atoms with Gasteiger partial charge in [0.15, 0.2) is 6.19 Å². The van der Waals surface area contributed by atoms with Crippen LogP contribution in [-0.2, 0) is 0 Å². The van der Waals surface area contributed by atoms with Crippen molar-refractivity contribution in [3.05, 3.63) is 18.3 Å². The second-order valence-electron chi connectivity index (χ2n) is 3.82. The minimum absolute atomic E-state index is 0.194. The molecule has 0 radical (unpaired) electrons. The average Bonchev–Trinajstić information content (AvgIpc) is 2.74. The number of aromatic nitrogens is 1. The quantitative estimate of drug-likeness (QED) is 0.766. The molecule has 5 heteroatoms. The summed E-state index contributed by atoms with van der Waals surface area (Å²) in [6.07, 6.45) is 5.85. The standard InChI is InChI=1S/C11H14N4O/c12-8-15-5-1-2-9(15)7-16-10-3-4-14-11(13)6-10/h3-4,6,9H,1-2,5,7H2,(H2,13,14)/t9-/m1/s1. The number of hydrogen-bond donors (Lipinski definition) is 1. The fraction of sp³-hybridized carbons (Fsp3) is 0.455. The number of nitrogens with two attached hydrogens (primary N) is 1. The molecule has 2 heterocycles. The van der Waals surface area contributed by atoms with Crippen LogP contribution in [0.4, 0.5) is 5.82 Å². The molecule has 2 rings (SSSR count). The third kappa shape index (κ3) is 2.34. The van der Waals surface area contributed by atoms with Crippen molar-refractivity contribution in [2.45, 2.75) is 18.9 Å². The van der Waals surface area contributed by atoms with Crippen molar-refractivity contribution < 1.29 is 4.74 Å². The topological polar surface area (TPSA) is 75.2 Å². The summed E-state index contributed by atoms with van der Waals surface area (Å²) < 4.78 is 5.59. The summed E-state index contributed by atoms with van der Waals surface area (Å²) in [6.45, 7) is 1.36. The Balaban J connectivity index is 1.90.